The van der Waals surface area contributed by atoms with Crippen molar-refractivity contribution in [1.29, 1.82) is 0 Å². The Morgan fingerprint density at radius 3 is 2.68 bits per heavy atom. The van der Waals surface area contributed by atoms with E-state index in [1.54, 1.807) is 25.3 Å². The van der Waals surface area contributed by atoms with Crippen LogP contribution in [0, 0.1) is 0 Å². The Balaban J connectivity index is 2.17. The van der Waals surface area contributed by atoms with Crippen LogP contribution < -0.4 is 9.47 Å². The Morgan fingerprint density at radius 1 is 1.26 bits per heavy atom. The van der Waals surface area contributed by atoms with Crippen LogP contribution >= 0.6 is 0 Å². The highest BCUT2D eigenvalue weighted by Gasteiger charge is 2.11. The summed E-state index contributed by atoms with van der Waals surface area (Å²) in [5.41, 5.74) is 0.700. The number of aromatic carboxylic acids is 1. The maximum atomic E-state index is 11.0. The Bertz CT molecular complexity index is 583. The largest absolute Gasteiger partial charge is 0.493 e. The van der Waals surface area contributed by atoms with E-state index < -0.39 is 5.97 Å². The molecule has 2 aromatic rings. The van der Waals surface area contributed by atoms with Crippen molar-refractivity contribution >= 4 is 5.97 Å². The summed E-state index contributed by atoms with van der Waals surface area (Å²) in [5, 5.41) is 9.04. The van der Waals surface area contributed by atoms with E-state index in [1.165, 1.54) is 12.4 Å². The van der Waals surface area contributed by atoms with E-state index >= 15 is 0 Å². The average Bonchev–Trinajstić information content (AvgIpc) is 2.45. The third kappa shape index (κ3) is 3.01. The monoisotopic (exact) mass is 259 g/mol. The zero-order chi connectivity index (χ0) is 13.7. The van der Waals surface area contributed by atoms with Gasteiger partial charge in [0.15, 0.2) is 11.5 Å². The number of carbonyl (C=O) groups is 1. The van der Waals surface area contributed by atoms with Gasteiger partial charge in [-0.25, -0.2) is 4.79 Å². The number of para-hydroxylation sites is 2. The average molecular weight is 259 g/mol. The molecule has 2 rings (SSSR count). The number of pyridine rings is 1. The van der Waals surface area contributed by atoms with Crippen LogP contribution in [0.5, 0.6) is 11.5 Å². The van der Waals surface area contributed by atoms with Gasteiger partial charge in [-0.1, -0.05) is 12.1 Å². The first-order valence-electron chi connectivity index (χ1n) is 5.64. The molecular weight excluding hydrogens is 246 g/mol. The zero-order valence-corrected chi connectivity index (χ0v) is 10.4. The molecule has 0 atom stereocenters. The molecule has 5 nitrogen and oxygen atoms in total. The number of hydrogen-bond donors (Lipinski definition) is 1. The van der Waals surface area contributed by atoms with Gasteiger partial charge < -0.3 is 14.6 Å². The van der Waals surface area contributed by atoms with Gasteiger partial charge in [-0.15, -0.1) is 0 Å². The van der Waals surface area contributed by atoms with Crippen LogP contribution in [0.1, 0.15) is 15.9 Å². The molecule has 0 spiro atoms. The first-order chi connectivity index (χ1) is 9.22. The van der Waals surface area contributed by atoms with Crippen molar-refractivity contribution in [2.24, 2.45) is 0 Å². The minimum absolute atomic E-state index is 0.136. The Labute approximate surface area is 110 Å². The molecule has 98 valence electrons. The first-order valence-corrected chi connectivity index (χ1v) is 5.64. The standard InChI is InChI=1S/C14H13NO4/c1-18-12-4-2-3-5-13(12)19-9-10-6-7-15-8-11(10)14(16)17/h2-8H,9H2,1H3,(H,16,17). The summed E-state index contributed by atoms with van der Waals surface area (Å²) in [7, 11) is 1.55. The molecule has 1 aromatic carbocycles. The molecule has 0 saturated carbocycles. The van der Waals surface area contributed by atoms with Crippen LogP contribution in [-0.2, 0) is 6.61 Å². The molecular formula is C14H13NO4. The van der Waals surface area contributed by atoms with Crippen LogP contribution in [0.3, 0.4) is 0 Å². The number of benzene rings is 1. The van der Waals surface area contributed by atoms with E-state index in [-0.39, 0.29) is 12.2 Å². The molecule has 1 aromatic heterocycles. The van der Waals surface area contributed by atoms with Gasteiger partial charge in [0, 0.05) is 18.0 Å². The fraction of sp³-hybridized carbons (Fsp3) is 0.143. The van der Waals surface area contributed by atoms with Crippen molar-refractivity contribution in [3.05, 3.63) is 53.9 Å². The van der Waals surface area contributed by atoms with Crippen molar-refractivity contribution in [2.75, 3.05) is 7.11 Å². The molecule has 0 unspecified atom stereocenters. The van der Waals surface area contributed by atoms with Gasteiger partial charge >= 0.3 is 5.97 Å². The highest BCUT2D eigenvalue weighted by molar-refractivity contribution is 5.88. The molecule has 1 N–H and O–H groups in total. The number of carboxylic acid groups (broad SMARTS) is 1. The maximum Gasteiger partial charge on any atom is 0.337 e. The van der Waals surface area contributed by atoms with Crippen LogP contribution in [0.15, 0.2) is 42.7 Å². The van der Waals surface area contributed by atoms with Crippen LogP contribution in [0.25, 0.3) is 0 Å². The van der Waals surface area contributed by atoms with Crippen LogP contribution in [-0.4, -0.2) is 23.2 Å². The van der Waals surface area contributed by atoms with Gasteiger partial charge in [-0.2, -0.15) is 0 Å². The van der Waals surface area contributed by atoms with Crippen molar-refractivity contribution in [2.45, 2.75) is 6.61 Å². The molecule has 1 heterocycles. The molecule has 0 bridgehead atoms. The lowest BCUT2D eigenvalue weighted by molar-refractivity contribution is 0.0693. The summed E-state index contributed by atoms with van der Waals surface area (Å²) in [6, 6.07) is 8.82. The Kier molecular flexibility index (Phi) is 3.97. The molecule has 0 fully saturated rings. The number of hydrogen-bond acceptors (Lipinski definition) is 4. The fourth-order valence-corrected chi connectivity index (χ4v) is 1.64. The highest BCUT2D eigenvalue weighted by Crippen LogP contribution is 2.26. The predicted octanol–water partition coefficient (Wildman–Crippen LogP) is 2.37. The summed E-state index contributed by atoms with van der Waals surface area (Å²) in [5.74, 6) is 0.151. The number of methoxy groups -OCH3 is 1. The van der Waals surface area contributed by atoms with E-state index in [9.17, 15) is 4.79 Å². The summed E-state index contributed by atoms with van der Waals surface area (Å²) >= 11 is 0. The summed E-state index contributed by atoms with van der Waals surface area (Å²) < 4.78 is 10.7. The second-order valence-electron chi connectivity index (χ2n) is 3.78. The molecule has 0 aliphatic carbocycles. The van der Waals surface area contributed by atoms with Gasteiger partial charge in [-0.05, 0) is 18.2 Å². The van der Waals surface area contributed by atoms with Crippen LogP contribution in [0.4, 0.5) is 0 Å². The van der Waals surface area contributed by atoms with Crippen molar-refractivity contribution in [3.63, 3.8) is 0 Å². The molecule has 5 heteroatoms. The van der Waals surface area contributed by atoms with E-state index in [4.69, 9.17) is 14.6 Å². The van der Waals surface area contributed by atoms with E-state index in [0.717, 1.165) is 0 Å². The van der Waals surface area contributed by atoms with E-state index in [0.29, 0.717) is 17.1 Å². The van der Waals surface area contributed by atoms with E-state index in [1.807, 2.05) is 12.1 Å². The van der Waals surface area contributed by atoms with Crippen molar-refractivity contribution in [1.82, 2.24) is 4.98 Å². The molecule has 0 aliphatic rings. The lowest BCUT2D eigenvalue weighted by Crippen LogP contribution is -2.06. The topological polar surface area (TPSA) is 68.7 Å². The number of carboxylic acids is 1. The zero-order valence-electron chi connectivity index (χ0n) is 10.4. The van der Waals surface area contributed by atoms with Gasteiger partial charge in [0.1, 0.15) is 6.61 Å². The molecule has 0 saturated heterocycles. The van der Waals surface area contributed by atoms with E-state index in [2.05, 4.69) is 4.98 Å². The third-order valence-corrected chi connectivity index (χ3v) is 2.59. The molecule has 0 radical (unpaired) electrons. The van der Waals surface area contributed by atoms with Gasteiger partial charge in [0.05, 0.1) is 12.7 Å². The lowest BCUT2D eigenvalue weighted by atomic mass is 10.1. The minimum atomic E-state index is -1.02. The fourth-order valence-electron chi connectivity index (χ4n) is 1.64. The molecule has 19 heavy (non-hydrogen) atoms. The summed E-state index contributed by atoms with van der Waals surface area (Å²) in [6.45, 7) is 0.143. The van der Waals surface area contributed by atoms with Gasteiger partial charge in [-0.3, -0.25) is 4.98 Å². The summed E-state index contributed by atoms with van der Waals surface area (Å²) in [4.78, 5) is 14.8. The SMILES string of the molecule is COc1ccccc1OCc1ccncc1C(=O)O. The second-order valence-corrected chi connectivity index (χ2v) is 3.78. The van der Waals surface area contributed by atoms with Gasteiger partial charge in [0.2, 0.25) is 0 Å². The predicted molar refractivity (Wildman–Crippen MR) is 68.5 cm³/mol. The molecule has 0 amide bonds. The maximum absolute atomic E-state index is 11.0. The Morgan fingerprint density at radius 2 is 2.00 bits per heavy atom. The lowest BCUT2D eigenvalue weighted by Gasteiger charge is -2.11. The van der Waals surface area contributed by atoms with Crippen LogP contribution in [0.2, 0.25) is 0 Å². The number of aromatic nitrogens is 1. The summed E-state index contributed by atoms with van der Waals surface area (Å²) in [6.07, 6.45) is 2.84. The quantitative estimate of drug-likeness (QED) is 0.892. The number of rotatable bonds is 5. The first kappa shape index (κ1) is 12.9. The highest BCUT2D eigenvalue weighted by atomic mass is 16.5. The number of nitrogens with zero attached hydrogens (tertiary/aromatic N) is 1. The number of ether oxygens (including phenoxy) is 2. The smallest absolute Gasteiger partial charge is 0.337 e. The van der Waals surface area contributed by atoms with Gasteiger partial charge in [0.25, 0.3) is 0 Å². The second kappa shape index (κ2) is 5.86. The normalized spacial score (nSPS) is 9.95. The molecule has 0 aliphatic heterocycles. The third-order valence-electron chi connectivity index (χ3n) is 2.59. The minimum Gasteiger partial charge on any atom is -0.493 e. The van der Waals surface area contributed by atoms with Crippen molar-refractivity contribution in [3.8, 4) is 11.5 Å². The Hall–Kier alpha value is -2.56. The van der Waals surface area contributed by atoms with Crippen molar-refractivity contribution < 1.29 is 19.4 Å².